The topological polar surface area (TPSA) is 63.7 Å². The molecule has 0 aliphatic heterocycles. The van der Waals surface area contributed by atoms with Gasteiger partial charge in [0.15, 0.2) is 11.0 Å². The molecule has 2 heterocycles. The Morgan fingerprint density at radius 2 is 2.30 bits per heavy atom. The van der Waals surface area contributed by atoms with Crippen molar-refractivity contribution in [3.8, 4) is 5.75 Å². The van der Waals surface area contributed by atoms with Crippen molar-refractivity contribution in [1.29, 1.82) is 0 Å². The first-order valence-corrected chi connectivity index (χ1v) is 6.57. The van der Waals surface area contributed by atoms with Crippen molar-refractivity contribution < 1.29 is 14.3 Å². The summed E-state index contributed by atoms with van der Waals surface area (Å²) in [5.41, 5.74) is 1.06. The summed E-state index contributed by atoms with van der Waals surface area (Å²) >= 11 is 5.92. The van der Waals surface area contributed by atoms with Gasteiger partial charge in [-0.25, -0.2) is 0 Å². The molecule has 1 N–H and O–H groups in total. The molecular formula is C13H18ClN3O3. The Balaban J connectivity index is 2.33. The predicted octanol–water partition coefficient (Wildman–Crippen LogP) is 1.78. The molecule has 2 aromatic rings. The maximum Gasteiger partial charge on any atom is 0.199 e. The molecule has 6 nitrogen and oxygen atoms in total. The van der Waals surface area contributed by atoms with Gasteiger partial charge in [0.05, 0.1) is 26.1 Å². The molecule has 0 amide bonds. The summed E-state index contributed by atoms with van der Waals surface area (Å²) in [5, 5.41) is 14.9. The number of aromatic nitrogens is 2. The molecule has 0 fully saturated rings. The van der Waals surface area contributed by atoms with E-state index in [1.54, 1.807) is 24.1 Å². The van der Waals surface area contributed by atoms with Gasteiger partial charge in [0.25, 0.3) is 0 Å². The Labute approximate surface area is 122 Å². The molecule has 0 aromatic carbocycles. The number of likely N-dealkylation sites (N-methyl/N-ethyl adjacent to an activating group) is 1. The molecule has 0 spiro atoms. The average molecular weight is 300 g/mol. The van der Waals surface area contributed by atoms with E-state index in [2.05, 4.69) is 5.10 Å². The molecule has 1 unspecified atom stereocenters. The second-order valence-electron chi connectivity index (χ2n) is 4.68. The summed E-state index contributed by atoms with van der Waals surface area (Å²) in [7, 11) is 5.49. The highest BCUT2D eigenvalue weighted by atomic mass is 35.5. The van der Waals surface area contributed by atoms with Gasteiger partial charge in [0, 0.05) is 12.1 Å². The van der Waals surface area contributed by atoms with Crippen LogP contribution in [-0.2, 0) is 6.54 Å². The van der Waals surface area contributed by atoms with E-state index in [1.165, 1.54) is 6.26 Å². The molecule has 110 valence electrons. The fraction of sp³-hybridized carbons (Fsp3) is 0.462. The van der Waals surface area contributed by atoms with E-state index in [0.717, 1.165) is 6.54 Å². The van der Waals surface area contributed by atoms with E-state index in [0.29, 0.717) is 23.6 Å². The molecule has 0 saturated heterocycles. The van der Waals surface area contributed by atoms with E-state index in [-0.39, 0.29) is 5.22 Å². The second-order valence-corrected chi connectivity index (χ2v) is 5.02. The summed E-state index contributed by atoms with van der Waals surface area (Å²) in [4.78, 5) is 2.04. The maximum atomic E-state index is 10.5. The monoisotopic (exact) mass is 299 g/mol. The van der Waals surface area contributed by atoms with Crippen LogP contribution in [0.1, 0.15) is 17.4 Å². The zero-order valence-electron chi connectivity index (χ0n) is 11.7. The summed E-state index contributed by atoms with van der Waals surface area (Å²) in [6.07, 6.45) is 2.08. The zero-order valence-corrected chi connectivity index (χ0v) is 12.5. The highest BCUT2D eigenvalue weighted by Gasteiger charge is 2.24. The quantitative estimate of drug-likeness (QED) is 0.881. The molecule has 0 bridgehead atoms. The van der Waals surface area contributed by atoms with Crippen LogP contribution in [-0.4, -0.2) is 47.5 Å². The molecule has 0 aliphatic rings. The average Bonchev–Trinajstić information content (AvgIpc) is 3.01. The van der Waals surface area contributed by atoms with Gasteiger partial charge in [-0.05, 0) is 31.8 Å². The van der Waals surface area contributed by atoms with Gasteiger partial charge in [0.1, 0.15) is 11.8 Å². The highest BCUT2D eigenvalue weighted by molar-refractivity contribution is 6.29. The van der Waals surface area contributed by atoms with Gasteiger partial charge in [-0.15, -0.1) is 0 Å². The lowest BCUT2D eigenvalue weighted by Gasteiger charge is -2.16. The summed E-state index contributed by atoms with van der Waals surface area (Å²) < 4.78 is 12.0. The Morgan fingerprint density at radius 1 is 1.55 bits per heavy atom. The summed E-state index contributed by atoms with van der Waals surface area (Å²) in [6, 6.07) is 1.63. The van der Waals surface area contributed by atoms with Crippen LogP contribution in [0.3, 0.4) is 0 Å². The van der Waals surface area contributed by atoms with Crippen LogP contribution >= 0.6 is 11.6 Å². The molecule has 1 atom stereocenters. The lowest BCUT2D eigenvalue weighted by molar-refractivity contribution is 0.199. The Kier molecular flexibility index (Phi) is 4.69. The number of hydrogen-bond acceptors (Lipinski definition) is 5. The molecule has 20 heavy (non-hydrogen) atoms. The Morgan fingerprint density at radius 3 is 2.85 bits per heavy atom. The third-order valence-corrected chi connectivity index (χ3v) is 3.33. The van der Waals surface area contributed by atoms with Crippen LogP contribution in [0.2, 0.25) is 5.22 Å². The van der Waals surface area contributed by atoms with Crippen LogP contribution in [0.5, 0.6) is 5.75 Å². The van der Waals surface area contributed by atoms with Crippen molar-refractivity contribution in [2.75, 3.05) is 27.7 Å². The highest BCUT2D eigenvalue weighted by Crippen LogP contribution is 2.33. The molecule has 2 aromatic heterocycles. The number of methoxy groups -OCH3 is 1. The minimum absolute atomic E-state index is 0.167. The van der Waals surface area contributed by atoms with Gasteiger partial charge in [-0.2, -0.15) is 5.10 Å². The van der Waals surface area contributed by atoms with Crippen molar-refractivity contribution in [3.63, 3.8) is 0 Å². The smallest absolute Gasteiger partial charge is 0.199 e. The number of nitrogens with zero attached hydrogens (tertiary/aromatic N) is 3. The van der Waals surface area contributed by atoms with Gasteiger partial charge in [0.2, 0.25) is 0 Å². The molecular weight excluding hydrogens is 282 g/mol. The lowest BCUT2D eigenvalue weighted by atomic mass is 10.1. The number of halogens is 1. The molecule has 0 radical (unpaired) electrons. The first-order valence-electron chi connectivity index (χ1n) is 6.20. The van der Waals surface area contributed by atoms with Crippen LogP contribution in [0.4, 0.5) is 0 Å². The molecule has 0 saturated carbocycles. The standard InChI is InChI=1S/C13H18ClN3O3/c1-16(2)5-6-17-11(10(19-3)8-15-17)12(18)9-4-7-20-13(9)14/h4,7-8,12,18H,5-6H2,1-3H3. The normalized spacial score (nSPS) is 12.9. The van der Waals surface area contributed by atoms with E-state index in [1.807, 2.05) is 19.0 Å². The number of ether oxygens (including phenoxy) is 1. The van der Waals surface area contributed by atoms with Gasteiger partial charge in [-0.3, -0.25) is 4.68 Å². The largest absolute Gasteiger partial charge is 0.493 e. The molecule has 7 heteroatoms. The van der Waals surface area contributed by atoms with Crippen LogP contribution in [0, 0.1) is 0 Å². The molecule has 0 aliphatic carbocycles. The minimum atomic E-state index is -0.944. The number of aliphatic hydroxyl groups excluding tert-OH is 1. The SMILES string of the molecule is COc1cnn(CCN(C)C)c1C(O)c1ccoc1Cl. The van der Waals surface area contributed by atoms with E-state index in [9.17, 15) is 5.11 Å². The van der Waals surface area contributed by atoms with Crippen LogP contribution in [0.15, 0.2) is 22.9 Å². The first-order chi connectivity index (χ1) is 9.54. The number of hydrogen-bond donors (Lipinski definition) is 1. The van der Waals surface area contributed by atoms with Crippen molar-refractivity contribution in [2.24, 2.45) is 0 Å². The lowest BCUT2D eigenvalue weighted by Crippen LogP contribution is -2.21. The van der Waals surface area contributed by atoms with Crippen molar-refractivity contribution >= 4 is 11.6 Å². The number of furan rings is 1. The minimum Gasteiger partial charge on any atom is -0.493 e. The van der Waals surface area contributed by atoms with Crippen molar-refractivity contribution in [3.05, 3.63) is 35.0 Å². The zero-order chi connectivity index (χ0) is 14.7. The predicted molar refractivity (Wildman–Crippen MR) is 75.1 cm³/mol. The molecule has 2 rings (SSSR count). The van der Waals surface area contributed by atoms with Crippen molar-refractivity contribution in [2.45, 2.75) is 12.6 Å². The summed E-state index contributed by atoms with van der Waals surface area (Å²) in [6.45, 7) is 1.43. The van der Waals surface area contributed by atoms with Crippen LogP contribution < -0.4 is 4.74 Å². The second kappa shape index (κ2) is 6.30. The van der Waals surface area contributed by atoms with Gasteiger partial charge in [-0.1, -0.05) is 0 Å². The number of aliphatic hydroxyl groups is 1. The Hall–Kier alpha value is -1.50. The first kappa shape index (κ1) is 14.9. The maximum absolute atomic E-state index is 10.5. The van der Waals surface area contributed by atoms with Crippen LogP contribution in [0.25, 0.3) is 0 Å². The fourth-order valence-corrected chi connectivity index (χ4v) is 2.15. The van der Waals surface area contributed by atoms with Gasteiger partial charge >= 0.3 is 0 Å². The third kappa shape index (κ3) is 2.98. The third-order valence-electron chi connectivity index (χ3n) is 3.02. The van der Waals surface area contributed by atoms with Crippen molar-refractivity contribution in [1.82, 2.24) is 14.7 Å². The van der Waals surface area contributed by atoms with E-state index < -0.39 is 6.10 Å². The van der Waals surface area contributed by atoms with E-state index in [4.69, 9.17) is 20.8 Å². The summed E-state index contributed by atoms with van der Waals surface area (Å²) in [5.74, 6) is 0.522. The fourth-order valence-electron chi connectivity index (χ4n) is 1.93. The number of rotatable bonds is 6. The van der Waals surface area contributed by atoms with E-state index >= 15 is 0 Å². The van der Waals surface area contributed by atoms with Gasteiger partial charge < -0.3 is 19.2 Å². The Bertz CT molecular complexity index is 565.